The third-order valence-corrected chi connectivity index (χ3v) is 3.13. The highest BCUT2D eigenvalue weighted by Gasteiger charge is 2.15. The number of aryl methyl sites for hydroxylation is 1. The highest BCUT2D eigenvalue weighted by atomic mass is 19.1. The van der Waals surface area contributed by atoms with Gasteiger partial charge in [-0.05, 0) is 31.2 Å². The maximum Gasteiger partial charge on any atom is 0.232 e. The molecule has 110 valence electrons. The zero-order valence-corrected chi connectivity index (χ0v) is 11.7. The molecule has 0 unspecified atom stereocenters. The number of benzene rings is 1. The van der Waals surface area contributed by atoms with E-state index in [1.165, 1.54) is 12.1 Å². The van der Waals surface area contributed by atoms with E-state index in [0.29, 0.717) is 30.9 Å². The molecule has 1 aliphatic rings. The fraction of sp³-hybridized carbons (Fsp3) is 0.357. The summed E-state index contributed by atoms with van der Waals surface area (Å²) in [6, 6.07) is 6.06. The summed E-state index contributed by atoms with van der Waals surface area (Å²) in [5.74, 6) is 1.45. The molecule has 1 aromatic heterocycles. The van der Waals surface area contributed by atoms with Crippen LogP contribution in [0.1, 0.15) is 5.82 Å². The topological polar surface area (TPSA) is 63.2 Å². The lowest BCUT2D eigenvalue weighted by Gasteiger charge is -2.26. The number of anilines is 3. The van der Waals surface area contributed by atoms with Crippen LogP contribution in [0, 0.1) is 12.7 Å². The molecule has 7 heteroatoms. The lowest BCUT2D eigenvalue weighted by atomic mass is 10.3. The van der Waals surface area contributed by atoms with Gasteiger partial charge in [-0.2, -0.15) is 15.0 Å². The van der Waals surface area contributed by atoms with Crippen LogP contribution in [0.5, 0.6) is 0 Å². The van der Waals surface area contributed by atoms with Crippen molar-refractivity contribution in [3.05, 3.63) is 35.9 Å². The number of nitrogens with one attached hydrogen (secondary N) is 1. The molecule has 6 nitrogen and oxygen atoms in total. The Balaban J connectivity index is 1.81. The van der Waals surface area contributed by atoms with E-state index in [-0.39, 0.29) is 5.82 Å². The summed E-state index contributed by atoms with van der Waals surface area (Å²) in [6.45, 7) is 4.69. The van der Waals surface area contributed by atoms with Crippen LogP contribution in [-0.2, 0) is 4.74 Å². The molecular formula is C14H16FN5O. The minimum Gasteiger partial charge on any atom is -0.378 e. The van der Waals surface area contributed by atoms with Gasteiger partial charge in [-0.15, -0.1) is 0 Å². The third-order valence-electron chi connectivity index (χ3n) is 3.13. The van der Waals surface area contributed by atoms with Crippen molar-refractivity contribution in [2.24, 2.45) is 0 Å². The molecule has 1 aliphatic heterocycles. The number of aromatic nitrogens is 3. The van der Waals surface area contributed by atoms with E-state index in [2.05, 4.69) is 25.2 Å². The second-order valence-corrected chi connectivity index (χ2v) is 4.74. The molecule has 21 heavy (non-hydrogen) atoms. The Hall–Kier alpha value is -2.28. The Morgan fingerprint density at radius 1 is 1.10 bits per heavy atom. The number of hydrogen-bond acceptors (Lipinski definition) is 6. The maximum absolute atomic E-state index is 12.9. The molecule has 0 amide bonds. The molecular weight excluding hydrogens is 273 g/mol. The summed E-state index contributed by atoms with van der Waals surface area (Å²) in [4.78, 5) is 15.1. The Morgan fingerprint density at radius 2 is 1.81 bits per heavy atom. The van der Waals surface area contributed by atoms with Crippen LogP contribution in [0.15, 0.2) is 24.3 Å². The van der Waals surface area contributed by atoms with Gasteiger partial charge < -0.3 is 15.0 Å². The van der Waals surface area contributed by atoms with Gasteiger partial charge in [0.15, 0.2) is 0 Å². The van der Waals surface area contributed by atoms with Crippen molar-refractivity contribution in [3.8, 4) is 0 Å². The summed E-state index contributed by atoms with van der Waals surface area (Å²) in [5.41, 5.74) is 0.731. The van der Waals surface area contributed by atoms with Crippen LogP contribution in [0.3, 0.4) is 0 Å². The average Bonchev–Trinajstić information content (AvgIpc) is 2.50. The molecule has 2 heterocycles. The van der Waals surface area contributed by atoms with E-state index in [1.54, 1.807) is 12.1 Å². The van der Waals surface area contributed by atoms with Gasteiger partial charge in [0.05, 0.1) is 13.2 Å². The Morgan fingerprint density at radius 3 is 2.52 bits per heavy atom. The Kier molecular flexibility index (Phi) is 3.92. The van der Waals surface area contributed by atoms with Gasteiger partial charge in [-0.3, -0.25) is 0 Å². The predicted octanol–water partition coefficient (Wildman–Crippen LogP) is 1.90. The Bertz CT molecular complexity index is 613. The monoisotopic (exact) mass is 289 g/mol. The highest BCUT2D eigenvalue weighted by molar-refractivity contribution is 5.54. The van der Waals surface area contributed by atoms with Crippen LogP contribution < -0.4 is 10.2 Å². The molecule has 0 atom stereocenters. The minimum absolute atomic E-state index is 0.276. The van der Waals surface area contributed by atoms with Gasteiger partial charge in [0.1, 0.15) is 11.6 Å². The largest absolute Gasteiger partial charge is 0.378 e. The van der Waals surface area contributed by atoms with Crippen molar-refractivity contribution in [2.45, 2.75) is 6.92 Å². The lowest BCUT2D eigenvalue weighted by Crippen LogP contribution is -2.37. The molecule has 1 N–H and O–H groups in total. The molecule has 1 fully saturated rings. The van der Waals surface area contributed by atoms with Crippen molar-refractivity contribution in [1.29, 1.82) is 0 Å². The van der Waals surface area contributed by atoms with Crippen molar-refractivity contribution < 1.29 is 9.13 Å². The van der Waals surface area contributed by atoms with Crippen molar-refractivity contribution in [2.75, 3.05) is 36.5 Å². The lowest BCUT2D eigenvalue weighted by molar-refractivity contribution is 0.122. The summed E-state index contributed by atoms with van der Waals surface area (Å²) >= 11 is 0. The number of ether oxygens (including phenoxy) is 1. The summed E-state index contributed by atoms with van der Waals surface area (Å²) in [7, 11) is 0. The summed E-state index contributed by atoms with van der Waals surface area (Å²) < 4.78 is 18.2. The summed E-state index contributed by atoms with van der Waals surface area (Å²) in [6.07, 6.45) is 0. The molecule has 2 aromatic rings. The van der Waals surface area contributed by atoms with Gasteiger partial charge in [-0.25, -0.2) is 4.39 Å². The normalized spacial score (nSPS) is 15.0. The molecule has 0 aliphatic carbocycles. The van der Waals surface area contributed by atoms with E-state index >= 15 is 0 Å². The first-order valence-electron chi connectivity index (χ1n) is 6.79. The number of nitrogens with zero attached hydrogens (tertiary/aromatic N) is 4. The fourth-order valence-corrected chi connectivity index (χ4v) is 2.09. The molecule has 0 saturated carbocycles. The van der Waals surface area contributed by atoms with Gasteiger partial charge in [0, 0.05) is 18.8 Å². The molecule has 0 radical (unpaired) electrons. The highest BCUT2D eigenvalue weighted by Crippen LogP contribution is 2.17. The van der Waals surface area contributed by atoms with E-state index in [1.807, 2.05) is 6.92 Å². The van der Waals surface area contributed by atoms with E-state index in [4.69, 9.17) is 4.74 Å². The second kappa shape index (κ2) is 6.01. The number of rotatable bonds is 3. The first-order chi connectivity index (χ1) is 10.2. The van der Waals surface area contributed by atoms with Gasteiger partial charge in [0.25, 0.3) is 0 Å². The zero-order chi connectivity index (χ0) is 14.7. The zero-order valence-electron chi connectivity index (χ0n) is 11.7. The van der Waals surface area contributed by atoms with E-state index in [0.717, 1.165) is 18.8 Å². The standard InChI is InChI=1S/C14H16FN5O/c1-10-16-13(18-12-4-2-11(15)3-5-12)19-14(17-10)20-6-8-21-9-7-20/h2-5H,6-9H2,1H3,(H,16,17,18,19). The first-order valence-corrected chi connectivity index (χ1v) is 6.79. The quantitative estimate of drug-likeness (QED) is 0.931. The van der Waals surface area contributed by atoms with Crippen LogP contribution in [0.2, 0.25) is 0 Å². The van der Waals surface area contributed by atoms with Gasteiger partial charge in [0.2, 0.25) is 11.9 Å². The van der Waals surface area contributed by atoms with Crippen LogP contribution >= 0.6 is 0 Å². The van der Waals surface area contributed by atoms with Crippen LogP contribution in [0.25, 0.3) is 0 Å². The van der Waals surface area contributed by atoms with Crippen molar-refractivity contribution in [3.63, 3.8) is 0 Å². The third kappa shape index (κ3) is 3.43. The van der Waals surface area contributed by atoms with Gasteiger partial charge >= 0.3 is 0 Å². The van der Waals surface area contributed by atoms with Gasteiger partial charge in [-0.1, -0.05) is 0 Å². The Labute approximate surface area is 122 Å². The van der Waals surface area contributed by atoms with Crippen LogP contribution in [-0.4, -0.2) is 41.3 Å². The fourth-order valence-electron chi connectivity index (χ4n) is 2.09. The number of halogens is 1. The molecule has 0 bridgehead atoms. The SMILES string of the molecule is Cc1nc(Nc2ccc(F)cc2)nc(N2CCOCC2)n1. The summed E-state index contributed by atoms with van der Waals surface area (Å²) in [5, 5.41) is 3.06. The number of hydrogen-bond donors (Lipinski definition) is 1. The van der Waals surface area contributed by atoms with Crippen LogP contribution in [0.4, 0.5) is 22.0 Å². The predicted molar refractivity (Wildman–Crippen MR) is 77.3 cm³/mol. The van der Waals surface area contributed by atoms with E-state index < -0.39 is 0 Å². The van der Waals surface area contributed by atoms with Crippen molar-refractivity contribution in [1.82, 2.24) is 15.0 Å². The molecule has 1 saturated heterocycles. The second-order valence-electron chi connectivity index (χ2n) is 4.74. The number of morpholine rings is 1. The maximum atomic E-state index is 12.9. The van der Waals surface area contributed by atoms with E-state index in [9.17, 15) is 4.39 Å². The van der Waals surface area contributed by atoms with Crippen molar-refractivity contribution >= 4 is 17.6 Å². The molecule has 1 aromatic carbocycles. The molecule has 0 spiro atoms. The minimum atomic E-state index is -0.276. The first kappa shape index (κ1) is 13.7. The smallest absolute Gasteiger partial charge is 0.232 e. The average molecular weight is 289 g/mol. The molecule has 3 rings (SSSR count).